The molecule has 1 atom stereocenters. The summed E-state index contributed by atoms with van der Waals surface area (Å²) in [6.45, 7) is 2.80. The van der Waals surface area contributed by atoms with Crippen molar-refractivity contribution in [2.45, 2.75) is 30.0 Å². The van der Waals surface area contributed by atoms with Gasteiger partial charge in [-0.25, -0.2) is 4.39 Å². The van der Waals surface area contributed by atoms with Gasteiger partial charge in [-0.15, -0.1) is 22.0 Å². The smallest absolute Gasteiger partial charge is 0.250 e. The molecule has 0 bridgehead atoms. The van der Waals surface area contributed by atoms with E-state index in [-0.39, 0.29) is 18.3 Å². The Morgan fingerprint density at radius 1 is 1.26 bits per heavy atom. The zero-order chi connectivity index (χ0) is 18.8. The summed E-state index contributed by atoms with van der Waals surface area (Å²) < 4.78 is 13.4. The molecule has 27 heavy (non-hydrogen) atoms. The molecule has 0 fully saturated rings. The number of carbonyl (C=O) groups is 1. The SMILES string of the molecule is C[C@@H]1CCN(C(=O)Cn2nnc(-c3cccc(F)c3)n2)c2ccccc2S1. The van der Waals surface area contributed by atoms with Crippen LogP contribution < -0.4 is 4.90 Å². The summed E-state index contributed by atoms with van der Waals surface area (Å²) in [6, 6.07) is 13.9. The first-order chi connectivity index (χ1) is 13.1. The van der Waals surface area contributed by atoms with Crippen molar-refractivity contribution in [2.24, 2.45) is 0 Å². The Labute approximate surface area is 160 Å². The van der Waals surface area contributed by atoms with E-state index < -0.39 is 0 Å². The van der Waals surface area contributed by atoms with E-state index in [4.69, 9.17) is 0 Å². The van der Waals surface area contributed by atoms with Crippen molar-refractivity contribution >= 4 is 23.4 Å². The van der Waals surface area contributed by atoms with Crippen LogP contribution in [0.25, 0.3) is 11.4 Å². The van der Waals surface area contributed by atoms with Crippen LogP contribution in [0, 0.1) is 5.82 Å². The molecular weight excluding hydrogens is 365 g/mol. The van der Waals surface area contributed by atoms with Gasteiger partial charge in [-0.05, 0) is 35.9 Å². The average Bonchev–Trinajstić information content (AvgIpc) is 3.04. The van der Waals surface area contributed by atoms with E-state index in [0.29, 0.717) is 23.2 Å². The maximum Gasteiger partial charge on any atom is 0.250 e. The third-order valence-corrected chi connectivity index (χ3v) is 5.59. The van der Waals surface area contributed by atoms with Crippen molar-refractivity contribution in [3.05, 3.63) is 54.3 Å². The van der Waals surface area contributed by atoms with Gasteiger partial charge in [0.2, 0.25) is 5.82 Å². The van der Waals surface area contributed by atoms with Crippen molar-refractivity contribution in [3.8, 4) is 11.4 Å². The fourth-order valence-corrected chi connectivity index (χ4v) is 4.12. The van der Waals surface area contributed by atoms with Gasteiger partial charge in [-0.2, -0.15) is 4.80 Å². The number of hydrogen-bond donors (Lipinski definition) is 0. The number of hydrogen-bond acceptors (Lipinski definition) is 5. The van der Waals surface area contributed by atoms with Crippen molar-refractivity contribution in [1.29, 1.82) is 0 Å². The minimum atomic E-state index is -0.368. The van der Waals surface area contributed by atoms with Gasteiger partial charge in [0, 0.05) is 22.3 Å². The molecule has 1 aromatic heterocycles. The second-order valence-electron chi connectivity index (χ2n) is 6.38. The molecule has 2 aromatic carbocycles. The lowest BCUT2D eigenvalue weighted by molar-refractivity contribution is -0.119. The maximum atomic E-state index is 13.4. The number of tetrazole rings is 1. The number of halogens is 1. The van der Waals surface area contributed by atoms with Crippen LogP contribution in [0.15, 0.2) is 53.4 Å². The molecule has 0 aliphatic carbocycles. The highest BCUT2D eigenvalue weighted by Gasteiger charge is 2.24. The largest absolute Gasteiger partial charge is 0.310 e. The summed E-state index contributed by atoms with van der Waals surface area (Å²) in [5, 5.41) is 12.6. The molecule has 3 aromatic rings. The molecule has 1 aliphatic rings. The summed E-state index contributed by atoms with van der Waals surface area (Å²) >= 11 is 1.78. The summed E-state index contributed by atoms with van der Waals surface area (Å²) in [6.07, 6.45) is 0.907. The Morgan fingerprint density at radius 3 is 2.96 bits per heavy atom. The van der Waals surface area contributed by atoms with E-state index in [2.05, 4.69) is 22.3 Å². The Hall–Kier alpha value is -2.74. The van der Waals surface area contributed by atoms with Crippen LogP contribution in [0.5, 0.6) is 0 Å². The topological polar surface area (TPSA) is 63.9 Å². The van der Waals surface area contributed by atoms with Crippen LogP contribution >= 0.6 is 11.8 Å². The summed E-state index contributed by atoms with van der Waals surface area (Å²) in [4.78, 5) is 17.1. The average molecular weight is 383 g/mol. The first kappa shape index (κ1) is 17.7. The van der Waals surface area contributed by atoms with Gasteiger partial charge in [-0.1, -0.05) is 31.2 Å². The number of benzene rings is 2. The monoisotopic (exact) mass is 383 g/mol. The van der Waals surface area contributed by atoms with E-state index in [1.807, 2.05) is 24.3 Å². The lowest BCUT2D eigenvalue weighted by Gasteiger charge is -2.22. The van der Waals surface area contributed by atoms with Crippen LogP contribution in [-0.2, 0) is 11.3 Å². The van der Waals surface area contributed by atoms with Gasteiger partial charge in [0.25, 0.3) is 5.91 Å². The van der Waals surface area contributed by atoms with E-state index in [0.717, 1.165) is 17.0 Å². The number of nitrogens with zero attached hydrogens (tertiary/aromatic N) is 5. The van der Waals surface area contributed by atoms with Crippen LogP contribution in [0.4, 0.5) is 10.1 Å². The van der Waals surface area contributed by atoms with Gasteiger partial charge < -0.3 is 4.90 Å². The van der Waals surface area contributed by atoms with Gasteiger partial charge in [0.1, 0.15) is 12.4 Å². The van der Waals surface area contributed by atoms with E-state index in [9.17, 15) is 9.18 Å². The molecule has 0 radical (unpaired) electrons. The number of para-hydroxylation sites is 1. The highest BCUT2D eigenvalue weighted by Crippen LogP contribution is 2.37. The third-order valence-electron chi connectivity index (χ3n) is 4.36. The normalized spacial score (nSPS) is 16.7. The molecule has 2 heterocycles. The zero-order valence-corrected chi connectivity index (χ0v) is 15.6. The maximum absolute atomic E-state index is 13.4. The summed E-state index contributed by atoms with van der Waals surface area (Å²) in [5.74, 6) is -0.171. The van der Waals surface area contributed by atoms with E-state index in [1.54, 1.807) is 28.8 Å². The molecular formula is C19H18FN5OS. The van der Waals surface area contributed by atoms with E-state index in [1.165, 1.54) is 16.9 Å². The number of rotatable bonds is 3. The van der Waals surface area contributed by atoms with Crippen molar-refractivity contribution in [2.75, 3.05) is 11.4 Å². The van der Waals surface area contributed by atoms with Gasteiger partial charge in [-0.3, -0.25) is 4.79 Å². The Kier molecular flexibility index (Phi) is 4.89. The Bertz CT molecular complexity index is 976. The quantitative estimate of drug-likeness (QED) is 0.694. The van der Waals surface area contributed by atoms with Gasteiger partial charge in [0.05, 0.1) is 5.69 Å². The molecule has 0 N–H and O–H groups in total. The van der Waals surface area contributed by atoms with Crippen molar-refractivity contribution < 1.29 is 9.18 Å². The summed E-state index contributed by atoms with van der Waals surface area (Å²) in [7, 11) is 0. The number of aromatic nitrogens is 4. The molecule has 0 unspecified atom stereocenters. The molecule has 138 valence electrons. The van der Waals surface area contributed by atoms with Crippen LogP contribution in [0.1, 0.15) is 13.3 Å². The van der Waals surface area contributed by atoms with Crippen molar-refractivity contribution in [1.82, 2.24) is 20.2 Å². The highest BCUT2D eigenvalue weighted by molar-refractivity contribution is 8.00. The van der Waals surface area contributed by atoms with Crippen LogP contribution in [0.2, 0.25) is 0 Å². The fourth-order valence-electron chi connectivity index (χ4n) is 3.01. The minimum Gasteiger partial charge on any atom is -0.310 e. The first-order valence-electron chi connectivity index (χ1n) is 8.70. The molecule has 6 nitrogen and oxygen atoms in total. The fraction of sp³-hybridized carbons (Fsp3) is 0.263. The standard InChI is InChI=1S/C19H18FN5OS/c1-13-9-10-24(16-7-2-3-8-17(16)27-13)18(26)12-25-22-19(21-23-25)14-5-4-6-15(20)11-14/h2-8,11,13H,9-10,12H2,1H3/t13-/m1/s1. The predicted octanol–water partition coefficient (Wildman–Crippen LogP) is 3.40. The summed E-state index contributed by atoms with van der Waals surface area (Å²) in [5.41, 5.74) is 1.45. The first-order valence-corrected chi connectivity index (χ1v) is 9.58. The van der Waals surface area contributed by atoms with Gasteiger partial charge in [0.15, 0.2) is 0 Å². The molecule has 1 aliphatic heterocycles. The zero-order valence-electron chi connectivity index (χ0n) is 14.7. The molecule has 1 amide bonds. The minimum absolute atomic E-state index is 0.0182. The lowest BCUT2D eigenvalue weighted by Crippen LogP contribution is -2.35. The molecule has 4 rings (SSSR count). The van der Waals surface area contributed by atoms with E-state index >= 15 is 0 Å². The lowest BCUT2D eigenvalue weighted by atomic mass is 10.2. The number of thioether (sulfide) groups is 1. The van der Waals surface area contributed by atoms with Crippen LogP contribution in [-0.4, -0.2) is 37.9 Å². The Morgan fingerprint density at radius 2 is 2.11 bits per heavy atom. The predicted molar refractivity (Wildman–Crippen MR) is 102 cm³/mol. The molecule has 0 saturated heterocycles. The number of amides is 1. The second kappa shape index (κ2) is 7.48. The highest BCUT2D eigenvalue weighted by atomic mass is 32.2. The molecule has 0 spiro atoms. The molecule has 0 saturated carbocycles. The second-order valence-corrected chi connectivity index (χ2v) is 7.86. The number of carbonyl (C=O) groups excluding carboxylic acids is 1. The molecule has 8 heteroatoms. The number of fused-ring (bicyclic) bond motifs is 1. The van der Waals surface area contributed by atoms with Crippen molar-refractivity contribution in [3.63, 3.8) is 0 Å². The third kappa shape index (κ3) is 3.85. The Balaban J connectivity index is 1.55. The number of anilines is 1. The van der Waals surface area contributed by atoms with Gasteiger partial charge >= 0.3 is 0 Å². The van der Waals surface area contributed by atoms with Crippen LogP contribution in [0.3, 0.4) is 0 Å².